The SMILES string of the molecule is C=C(N)NCCCCCCOP(=O)(OCC)OCCO.CC(C)(C)OC(=O)NC(=NCCCCCCOP1(=O)OCCO1)NC(=O)OC(C)(C)C.CCO.Cc1cc(NC(=S)NC2CCCCC2)cc(C(F)(F)F)c1. The second-order valence-corrected chi connectivity index (χ2v) is 22.5. The van der Waals surface area contributed by atoms with Crippen LogP contribution in [0.5, 0.6) is 0 Å². The first kappa shape index (κ1) is 71.4. The molecule has 1 aliphatic carbocycles. The van der Waals surface area contributed by atoms with Crippen molar-refractivity contribution >= 4 is 56.8 Å². The first-order valence-electron chi connectivity index (χ1n) is 25.4. The molecular formula is C48H88F3N7O14P2S. The molecule has 21 nitrogen and oxygen atoms in total. The van der Waals surface area contributed by atoms with Gasteiger partial charge in [-0.2, -0.15) is 13.2 Å². The minimum atomic E-state index is -4.35. The highest BCUT2D eigenvalue weighted by Crippen LogP contribution is 2.53. The number of carbonyl (C=O) groups is 2. The summed E-state index contributed by atoms with van der Waals surface area (Å²) in [6.07, 6.45) is 6.66. The van der Waals surface area contributed by atoms with Crippen molar-refractivity contribution in [1.29, 1.82) is 0 Å². The molecule has 2 amide bonds. The first-order valence-corrected chi connectivity index (χ1v) is 28.7. The maximum Gasteiger partial charge on any atom is 0.474 e. The molecule has 1 aromatic carbocycles. The lowest BCUT2D eigenvalue weighted by Gasteiger charge is -2.24. The van der Waals surface area contributed by atoms with Crippen molar-refractivity contribution in [3.63, 3.8) is 0 Å². The number of phosphoric ester groups is 2. The molecule has 1 aromatic rings. The number of nitrogens with one attached hydrogen (secondary N) is 5. The average molecular weight is 1140 g/mol. The molecule has 0 bridgehead atoms. The number of aliphatic hydroxyl groups is 2. The van der Waals surface area contributed by atoms with E-state index in [1.807, 2.05) is 0 Å². The minimum absolute atomic E-state index is 0.0412. The number of aliphatic imine (C=N–C) groups is 1. The lowest BCUT2D eigenvalue weighted by molar-refractivity contribution is -0.137. The van der Waals surface area contributed by atoms with E-state index in [4.69, 9.17) is 64.8 Å². The number of guanidine groups is 1. The fraction of sp³-hybridized carbons (Fsp3) is 0.750. The van der Waals surface area contributed by atoms with Crippen LogP contribution in [0, 0.1) is 6.92 Å². The molecule has 9 N–H and O–H groups in total. The standard InChI is InChI=1S/C19H36N3O8P.C15H19F3N2S.C12H27N2O5P.C2H6O/c1-18(2,3)29-16(23)21-15(22-17(24)30-19(4,5)6)20-11-9-7-8-10-12-26-31(25)27-13-14-28-31;1-10-7-11(15(16,17)18)9-13(8-10)20-14(21)19-12-5-3-2-4-6-12;1-3-17-20(16,19-11-9-15)18-10-7-5-4-6-8-14-12(2)13;1-2-3/h7-14H2,1-6H3,(H2,20,21,22,23,24);7-9,12H,2-6H2,1H3,(H2,19,20,21);14-15H,2-11,13H2,1H3;3H,2H2,1H3. The quantitative estimate of drug-likeness (QED) is 0.0157. The number of ether oxygens (including phenoxy) is 2. The molecule has 1 saturated heterocycles. The molecule has 1 unspecified atom stereocenters. The lowest BCUT2D eigenvalue weighted by Crippen LogP contribution is -2.47. The van der Waals surface area contributed by atoms with Crippen LogP contribution >= 0.6 is 27.9 Å². The summed E-state index contributed by atoms with van der Waals surface area (Å²) < 4.78 is 103. The number of nitrogens with two attached hydrogens (primary N) is 1. The Hall–Kier alpha value is -3.61. The van der Waals surface area contributed by atoms with E-state index in [0.717, 1.165) is 70.0 Å². The number of rotatable bonds is 24. The number of benzene rings is 1. The fourth-order valence-electron chi connectivity index (χ4n) is 6.30. The molecule has 0 aromatic heterocycles. The molecule has 2 fully saturated rings. The van der Waals surface area contributed by atoms with Gasteiger partial charge in [0, 0.05) is 31.4 Å². The van der Waals surface area contributed by atoms with E-state index in [0.29, 0.717) is 54.2 Å². The number of hydrogen-bond donors (Lipinski definition) is 8. The summed E-state index contributed by atoms with van der Waals surface area (Å²) in [7, 11) is -6.84. The summed E-state index contributed by atoms with van der Waals surface area (Å²) in [4.78, 5) is 28.3. The number of carbonyl (C=O) groups excluding carboxylic acids is 2. The smallest absolute Gasteiger partial charge is 0.444 e. The summed E-state index contributed by atoms with van der Waals surface area (Å²) in [6, 6.07) is 4.19. The molecule has 1 atom stereocenters. The molecule has 436 valence electrons. The van der Waals surface area contributed by atoms with Crippen LogP contribution in [-0.4, -0.2) is 117 Å². The van der Waals surface area contributed by atoms with Gasteiger partial charge >= 0.3 is 34.0 Å². The second kappa shape index (κ2) is 38.9. The Morgan fingerprint density at radius 3 is 1.89 bits per heavy atom. The Balaban J connectivity index is 0.00000110. The number of anilines is 1. The van der Waals surface area contributed by atoms with Crippen molar-refractivity contribution in [2.45, 2.75) is 169 Å². The van der Waals surface area contributed by atoms with Crippen molar-refractivity contribution in [2.75, 3.05) is 71.3 Å². The molecular weight excluding hydrogens is 1050 g/mol. The monoisotopic (exact) mass is 1140 g/mol. The van der Waals surface area contributed by atoms with Crippen LogP contribution in [-0.2, 0) is 51.9 Å². The molecule has 1 saturated carbocycles. The van der Waals surface area contributed by atoms with E-state index in [2.05, 4.69) is 38.2 Å². The average Bonchev–Trinajstić information content (AvgIpc) is 3.72. The van der Waals surface area contributed by atoms with Crippen molar-refractivity contribution in [2.24, 2.45) is 10.7 Å². The summed E-state index contributed by atoms with van der Waals surface area (Å²) in [5, 5.41) is 30.5. The first-order chi connectivity index (χ1) is 35.1. The number of thiocarbonyl (C=S) groups is 1. The normalized spacial score (nSPS) is 15.1. The Labute approximate surface area is 448 Å². The number of alkyl carbamates (subject to hydrolysis) is 2. The zero-order chi connectivity index (χ0) is 57.0. The molecule has 27 heteroatoms. The summed E-state index contributed by atoms with van der Waals surface area (Å²) in [6.45, 7) is 21.5. The van der Waals surface area contributed by atoms with Gasteiger partial charge in [-0.25, -0.2) is 18.7 Å². The van der Waals surface area contributed by atoms with E-state index < -0.39 is 50.8 Å². The summed E-state index contributed by atoms with van der Waals surface area (Å²) in [5.41, 5.74) is 4.24. The topological polar surface area (TPSA) is 281 Å². The molecule has 0 radical (unpaired) electrons. The predicted octanol–water partition coefficient (Wildman–Crippen LogP) is 10.5. The van der Waals surface area contributed by atoms with Gasteiger partial charge in [-0.1, -0.05) is 51.5 Å². The second-order valence-electron chi connectivity index (χ2n) is 18.8. The largest absolute Gasteiger partial charge is 0.474 e. The Morgan fingerprint density at radius 2 is 1.37 bits per heavy atom. The zero-order valence-electron chi connectivity index (χ0n) is 45.5. The Morgan fingerprint density at radius 1 is 0.840 bits per heavy atom. The fourth-order valence-corrected chi connectivity index (χ4v) is 8.96. The highest BCUT2D eigenvalue weighted by Gasteiger charge is 2.32. The number of alkyl halides is 3. The molecule has 1 heterocycles. The number of halogens is 3. The number of aliphatic hydroxyl groups excluding tert-OH is 2. The predicted molar refractivity (Wildman–Crippen MR) is 288 cm³/mol. The van der Waals surface area contributed by atoms with Gasteiger partial charge in [-0.15, -0.1) is 0 Å². The Bertz CT molecular complexity index is 1880. The van der Waals surface area contributed by atoms with Crippen LogP contribution in [0.1, 0.15) is 150 Å². The van der Waals surface area contributed by atoms with Crippen LogP contribution < -0.4 is 32.3 Å². The molecule has 3 rings (SSSR count). The summed E-state index contributed by atoms with van der Waals surface area (Å²) in [5.74, 6) is 0.437. The van der Waals surface area contributed by atoms with Gasteiger partial charge in [0.05, 0.1) is 57.6 Å². The molecule has 75 heavy (non-hydrogen) atoms. The van der Waals surface area contributed by atoms with Crippen molar-refractivity contribution in [1.82, 2.24) is 21.3 Å². The van der Waals surface area contributed by atoms with Gasteiger partial charge < -0.3 is 41.4 Å². The van der Waals surface area contributed by atoms with Gasteiger partial charge in [0.1, 0.15) is 11.2 Å². The maximum absolute atomic E-state index is 12.8. The van der Waals surface area contributed by atoms with Crippen LogP contribution in [0.3, 0.4) is 0 Å². The van der Waals surface area contributed by atoms with Gasteiger partial charge in [0.25, 0.3) is 0 Å². The number of amides is 2. The van der Waals surface area contributed by atoms with Crippen molar-refractivity contribution in [3.05, 3.63) is 41.7 Å². The third-order valence-corrected chi connectivity index (χ3v) is 12.6. The third-order valence-electron chi connectivity index (χ3n) is 9.30. The van der Waals surface area contributed by atoms with Crippen LogP contribution in [0.4, 0.5) is 28.4 Å². The molecule has 2 aliphatic rings. The Kier molecular flexibility index (Phi) is 37.0. The van der Waals surface area contributed by atoms with Crippen LogP contribution in [0.2, 0.25) is 0 Å². The number of phosphoric acid groups is 2. The van der Waals surface area contributed by atoms with Crippen LogP contribution in [0.15, 0.2) is 35.6 Å². The van der Waals surface area contributed by atoms with Gasteiger partial charge in [0.2, 0.25) is 5.96 Å². The third kappa shape index (κ3) is 40.3. The van der Waals surface area contributed by atoms with E-state index in [1.165, 1.54) is 19.3 Å². The van der Waals surface area contributed by atoms with Crippen molar-refractivity contribution in [3.8, 4) is 0 Å². The molecule has 1 aliphatic heterocycles. The van der Waals surface area contributed by atoms with E-state index in [1.54, 1.807) is 68.4 Å². The van der Waals surface area contributed by atoms with E-state index >= 15 is 0 Å². The van der Waals surface area contributed by atoms with Gasteiger partial charge in [-0.3, -0.25) is 42.8 Å². The van der Waals surface area contributed by atoms with Crippen LogP contribution in [0.25, 0.3) is 0 Å². The number of unbranched alkanes of at least 4 members (excludes halogenated alkanes) is 6. The summed E-state index contributed by atoms with van der Waals surface area (Å²) >= 11 is 5.19. The van der Waals surface area contributed by atoms with Crippen molar-refractivity contribution < 1.29 is 78.7 Å². The highest BCUT2D eigenvalue weighted by molar-refractivity contribution is 7.80. The molecule has 0 spiro atoms. The maximum atomic E-state index is 12.8. The van der Waals surface area contributed by atoms with E-state index in [-0.39, 0.29) is 52.2 Å². The number of nitrogens with zero attached hydrogens (tertiary/aromatic N) is 1. The highest BCUT2D eigenvalue weighted by atomic mass is 32.1. The van der Waals surface area contributed by atoms with Gasteiger partial charge in [-0.05, 0) is 137 Å². The number of aryl methyl sites for hydroxylation is 1. The minimum Gasteiger partial charge on any atom is -0.444 e. The number of hydrogen-bond acceptors (Lipinski definition) is 18. The zero-order valence-corrected chi connectivity index (χ0v) is 48.1. The van der Waals surface area contributed by atoms with Gasteiger partial charge in [0.15, 0.2) is 5.11 Å². The lowest BCUT2D eigenvalue weighted by atomic mass is 9.96. The van der Waals surface area contributed by atoms with E-state index in [9.17, 15) is 31.9 Å².